The first kappa shape index (κ1) is 9.39. The van der Waals surface area contributed by atoms with Crippen molar-refractivity contribution in [2.45, 2.75) is 38.1 Å². The first-order valence-corrected chi connectivity index (χ1v) is 4.64. The number of aliphatic hydroxyl groups is 1. The van der Waals surface area contributed by atoms with E-state index in [9.17, 15) is 0 Å². The molecule has 0 aliphatic heterocycles. The number of hydrogen-bond acceptors (Lipinski definition) is 3. The Labute approximate surface area is 73.6 Å². The zero-order valence-electron chi connectivity index (χ0n) is 7.42. The summed E-state index contributed by atoms with van der Waals surface area (Å²) in [5.41, 5.74) is 5.95. The Hall–Kier alpha value is -0.700. The molecular formula is C9H18N2O. The predicted octanol–water partition coefficient (Wildman–Crippen LogP) is 0.701. The summed E-state index contributed by atoms with van der Waals surface area (Å²) >= 11 is 0. The van der Waals surface area contributed by atoms with E-state index in [0.29, 0.717) is 11.7 Å². The topological polar surface area (TPSA) is 58.3 Å². The maximum Gasteiger partial charge on any atom is 0.0840 e. The fourth-order valence-electron chi connectivity index (χ4n) is 1.54. The van der Waals surface area contributed by atoms with E-state index in [4.69, 9.17) is 10.8 Å². The SMILES string of the molecule is N/C(=C\NC1CCCCC1)CO. The summed E-state index contributed by atoms with van der Waals surface area (Å²) in [5.74, 6) is 0. The van der Waals surface area contributed by atoms with Crippen LogP contribution >= 0.6 is 0 Å². The number of nitrogens with one attached hydrogen (secondary N) is 1. The first-order valence-electron chi connectivity index (χ1n) is 4.64. The van der Waals surface area contributed by atoms with Crippen LogP contribution in [-0.4, -0.2) is 17.8 Å². The Kier molecular flexibility index (Phi) is 3.94. The van der Waals surface area contributed by atoms with Gasteiger partial charge in [-0.2, -0.15) is 0 Å². The predicted molar refractivity (Wildman–Crippen MR) is 49.4 cm³/mol. The van der Waals surface area contributed by atoms with Gasteiger partial charge in [-0.15, -0.1) is 0 Å². The van der Waals surface area contributed by atoms with Crippen LogP contribution in [0.1, 0.15) is 32.1 Å². The van der Waals surface area contributed by atoms with Gasteiger partial charge in [-0.25, -0.2) is 0 Å². The molecule has 0 aromatic rings. The highest BCUT2D eigenvalue weighted by Gasteiger charge is 2.10. The molecule has 1 fully saturated rings. The number of aliphatic hydroxyl groups excluding tert-OH is 1. The fourth-order valence-corrected chi connectivity index (χ4v) is 1.54. The van der Waals surface area contributed by atoms with Gasteiger partial charge in [-0.05, 0) is 12.8 Å². The zero-order valence-corrected chi connectivity index (χ0v) is 7.42. The highest BCUT2D eigenvalue weighted by atomic mass is 16.3. The molecule has 1 rings (SSSR count). The minimum atomic E-state index is -0.0558. The van der Waals surface area contributed by atoms with Crippen molar-refractivity contribution in [3.05, 3.63) is 11.9 Å². The van der Waals surface area contributed by atoms with Crippen molar-refractivity contribution in [1.29, 1.82) is 0 Å². The summed E-state index contributed by atoms with van der Waals surface area (Å²) in [7, 11) is 0. The third-order valence-electron chi connectivity index (χ3n) is 2.29. The second-order valence-corrected chi connectivity index (χ2v) is 3.38. The number of rotatable bonds is 3. The Morgan fingerprint density at radius 3 is 2.67 bits per heavy atom. The van der Waals surface area contributed by atoms with Gasteiger partial charge in [0.05, 0.1) is 6.61 Å². The van der Waals surface area contributed by atoms with Gasteiger partial charge >= 0.3 is 0 Å². The van der Waals surface area contributed by atoms with Gasteiger partial charge in [0.1, 0.15) is 0 Å². The summed E-state index contributed by atoms with van der Waals surface area (Å²) in [5, 5.41) is 11.9. The molecule has 0 bridgehead atoms. The van der Waals surface area contributed by atoms with Gasteiger partial charge in [0.2, 0.25) is 0 Å². The van der Waals surface area contributed by atoms with Crippen LogP contribution in [0.4, 0.5) is 0 Å². The summed E-state index contributed by atoms with van der Waals surface area (Å²) in [4.78, 5) is 0. The van der Waals surface area contributed by atoms with E-state index in [-0.39, 0.29) is 6.61 Å². The Bertz CT molecular complexity index is 151. The molecule has 3 heteroatoms. The third kappa shape index (κ3) is 3.13. The van der Waals surface area contributed by atoms with Crippen LogP contribution in [0.5, 0.6) is 0 Å². The van der Waals surface area contributed by atoms with Gasteiger partial charge < -0.3 is 16.2 Å². The zero-order chi connectivity index (χ0) is 8.81. The molecule has 1 saturated carbocycles. The molecule has 0 aromatic heterocycles. The van der Waals surface area contributed by atoms with Crippen LogP contribution in [0.3, 0.4) is 0 Å². The second-order valence-electron chi connectivity index (χ2n) is 3.38. The minimum Gasteiger partial charge on any atom is -0.399 e. The maximum atomic E-state index is 8.63. The first-order chi connectivity index (χ1) is 5.83. The molecular weight excluding hydrogens is 152 g/mol. The summed E-state index contributed by atoms with van der Waals surface area (Å²) in [6, 6.07) is 0.573. The molecule has 0 heterocycles. The fraction of sp³-hybridized carbons (Fsp3) is 0.778. The van der Waals surface area contributed by atoms with Gasteiger partial charge in [0, 0.05) is 17.9 Å². The Morgan fingerprint density at radius 2 is 2.08 bits per heavy atom. The molecule has 1 aliphatic rings. The van der Waals surface area contributed by atoms with E-state index in [1.807, 2.05) is 0 Å². The van der Waals surface area contributed by atoms with Gasteiger partial charge in [-0.1, -0.05) is 19.3 Å². The van der Waals surface area contributed by atoms with Crippen molar-refractivity contribution in [2.24, 2.45) is 5.73 Å². The monoisotopic (exact) mass is 170 g/mol. The number of hydrogen-bond donors (Lipinski definition) is 3. The molecule has 1 aliphatic carbocycles. The molecule has 12 heavy (non-hydrogen) atoms. The minimum absolute atomic E-state index is 0.0558. The lowest BCUT2D eigenvalue weighted by Crippen LogP contribution is -2.27. The Morgan fingerprint density at radius 1 is 1.42 bits per heavy atom. The van der Waals surface area contributed by atoms with E-state index >= 15 is 0 Å². The van der Waals surface area contributed by atoms with E-state index in [1.165, 1.54) is 32.1 Å². The van der Waals surface area contributed by atoms with E-state index in [0.717, 1.165) is 0 Å². The molecule has 70 valence electrons. The lowest BCUT2D eigenvalue weighted by molar-refractivity contribution is 0.327. The number of nitrogens with two attached hydrogens (primary N) is 1. The molecule has 0 amide bonds. The highest BCUT2D eigenvalue weighted by Crippen LogP contribution is 2.17. The molecule has 0 spiro atoms. The standard InChI is InChI=1S/C9H18N2O/c10-8(7-12)6-11-9-4-2-1-3-5-9/h6,9,11-12H,1-5,7,10H2/b8-6-. The van der Waals surface area contributed by atoms with Gasteiger partial charge in [0.15, 0.2) is 0 Å². The van der Waals surface area contributed by atoms with E-state index in [2.05, 4.69) is 5.32 Å². The lowest BCUT2D eigenvalue weighted by Gasteiger charge is -2.21. The summed E-state index contributed by atoms with van der Waals surface area (Å²) < 4.78 is 0. The molecule has 4 N–H and O–H groups in total. The highest BCUT2D eigenvalue weighted by molar-refractivity contribution is 4.95. The molecule has 0 aromatic carbocycles. The molecule has 0 unspecified atom stereocenters. The lowest BCUT2D eigenvalue weighted by atomic mass is 9.96. The van der Waals surface area contributed by atoms with E-state index < -0.39 is 0 Å². The average Bonchev–Trinajstić information content (AvgIpc) is 2.16. The summed E-state index contributed by atoms with van der Waals surface area (Å²) in [6.07, 6.45) is 8.17. The molecule has 0 radical (unpaired) electrons. The van der Waals surface area contributed by atoms with Crippen LogP contribution in [0.2, 0.25) is 0 Å². The van der Waals surface area contributed by atoms with Crippen molar-refractivity contribution in [3.63, 3.8) is 0 Å². The van der Waals surface area contributed by atoms with Crippen LogP contribution < -0.4 is 11.1 Å². The molecule has 0 atom stereocenters. The van der Waals surface area contributed by atoms with Gasteiger partial charge in [-0.3, -0.25) is 0 Å². The normalized spacial score (nSPS) is 20.9. The maximum absolute atomic E-state index is 8.63. The van der Waals surface area contributed by atoms with Crippen molar-refractivity contribution in [1.82, 2.24) is 5.32 Å². The van der Waals surface area contributed by atoms with Crippen LogP contribution in [0.25, 0.3) is 0 Å². The quantitative estimate of drug-likeness (QED) is 0.584. The molecule has 0 saturated heterocycles. The summed E-state index contributed by atoms with van der Waals surface area (Å²) in [6.45, 7) is -0.0558. The van der Waals surface area contributed by atoms with E-state index in [1.54, 1.807) is 6.20 Å². The van der Waals surface area contributed by atoms with Crippen molar-refractivity contribution >= 4 is 0 Å². The largest absolute Gasteiger partial charge is 0.399 e. The Balaban J connectivity index is 2.21. The van der Waals surface area contributed by atoms with Crippen LogP contribution in [0.15, 0.2) is 11.9 Å². The van der Waals surface area contributed by atoms with Crippen LogP contribution in [0, 0.1) is 0 Å². The van der Waals surface area contributed by atoms with Crippen molar-refractivity contribution in [2.75, 3.05) is 6.61 Å². The van der Waals surface area contributed by atoms with Crippen molar-refractivity contribution in [3.8, 4) is 0 Å². The second kappa shape index (κ2) is 5.04. The third-order valence-corrected chi connectivity index (χ3v) is 2.29. The van der Waals surface area contributed by atoms with Gasteiger partial charge in [0.25, 0.3) is 0 Å². The van der Waals surface area contributed by atoms with Crippen molar-refractivity contribution < 1.29 is 5.11 Å². The average molecular weight is 170 g/mol. The molecule has 3 nitrogen and oxygen atoms in total. The smallest absolute Gasteiger partial charge is 0.0840 e. The van der Waals surface area contributed by atoms with Crippen LogP contribution in [-0.2, 0) is 0 Å².